The molecule has 5 nitrogen and oxygen atoms in total. The maximum Gasteiger partial charge on any atom is 0.363 e. The Hall–Kier alpha value is -4.20. The minimum atomic E-state index is -1.17. The Morgan fingerprint density at radius 3 is 2.19 bits per heavy atom. The normalized spacial score (nSPS) is 14.4. The summed E-state index contributed by atoms with van der Waals surface area (Å²) in [5, 5.41) is 0. The summed E-state index contributed by atoms with van der Waals surface area (Å²) in [4.78, 5) is 28.2. The maximum absolute atomic E-state index is 13.7. The zero-order chi connectivity index (χ0) is 22.0. The molecular formula is C23H12F3NO4. The number of benzene rings is 3. The lowest BCUT2D eigenvalue weighted by Gasteiger charge is -2.06. The Balaban J connectivity index is 1.50. The summed E-state index contributed by atoms with van der Waals surface area (Å²) < 4.78 is 50.5. The number of hydrogen-bond donors (Lipinski definition) is 0. The third kappa shape index (κ3) is 4.37. The fourth-order valence-corrected chi connectivity index (χ4v) is 2.77. The summed E-state index contributed by atoms with van der Waals surface area (Å²) >= 11 is 0. The van der Waals surface area contributed by atoms with E-state index < -0.39 is 35.0 Å². The summed E-state index contributed by atoms with van der Waals surface area (Å²) in [6.45, 7) is 0. The van der Waals surface area contributed by atoms with Crippen LogP contribution in [0.5, 0.6) is 5.75 Å². The van der Waals surface area contributed by atoms with Crippen molar-refractivity contribution in [2.75, 3.05) is 0 Å². The molecule has 0 N–H and O–H groups in total. The topological polar surface area (TPSA) is 65.0 Å². The van der Waals surface area contributed by atoms with Gasteiger partial charge in [-0.25, -0.2) is 27.8 Å². The molecule has 0 amide bonds. The molecule has 0 saturated carbocycles. The molecule has 0 radical (unpaired) electrons. The lowest BCUT2D eigenvalue weighted by molar-refractivity contribution is -0.129. The number of nitrogens with zero attached hydrogens (tertiary/aromatic N) is 1. The van der Waals surface area contributed by atoms with E-state index in [0.717, 1.165) is 18.2 Å². The van der Waals surface area contributed by atoms with E-state index in [1.807, 2.05) is 0 Å². The minimum absolute atomic E-state index is 0.0255. The number of rotatable bonds is 4. The van der Waals surface area contributed by atoms with Crippen LogP contribution in [0.2, 0.25) is 0 Å². The smallest absolute Gasteiger partial charge is 0.363 e. The number of ether oxygens (including phenoxy) is 2. The average molecular weight is 423 g/mol. The molecule has 1 heterocycles. The first kappa shape index (κ1) is 20.1. The SMILES string of the molecule is O=C1OC(c2ccc(F)cc2)=N/C1=C/c1ccc(OC(=O)c2c(F)cccc2F)cc1. The monoisotopic (exact) mass is 423 g/mol. The van der Waals surface area contributed by atoms with Crippen LogP contribution in [-0.2, 0) is 9.53 Å². The summed E-state index contributed by atoms with van der Waals surface area (Å²) in [5.74, 6) is -4.22. The zero-order valence-electron chi connectivity index (χ0n) is 15.6. The Kier molecular flexibility index (Phi) is 5.36. The molecular weight excluding hydrogens is 411 g/mol. The second-order valence-corrected chi connectivity index (χ2v) is 6.40. The molecule has 1 aliphatic heterocycles. The zero-order valence-corrected chi connectivity index (χ0v) is 15.6. The van der Waals surface area contributed by atoms with E-state index in [4.69, 9.17) is 9.47 Å². The van der Waals surface area contributed by atoms with Crippen LogP contribution in [-0.4, -0.2) is 17.8 Å². The largest absolute Gasteiger partial charge is 0.423 e. The van der Waals surface area contributed by atoms with Gasteiger partial charge >= 0.3 is 11.9 Å². The van der Waals surface area contributed by atoms with Crippen LogP contribution in [0.4, 0.5) is 13.2 Å². The Morgan fingerprint density at radius 1 is 0.903 bits per heavy atom. The van der Waals surface area contributed by atoms with Crippen molar-refractivity contribution < 1.29 is 32.2 Å². The van der Waals surface area contributed by atoms with Gasteiger partial charge in [-0.3, -0.25) is 0 Å². The van der Waals surface area contributed by atoms with Gasteiger partial charge in [0, 0.05) is 5.56 Å². The van der Waals surface area contributed by atoms with E-state index in [1.165, 1.54) is 54.6 Å². The quantitative estimate of drug-likeness (QED) is 0.348. The van der Waals surface area contributed by atoms with Gasteiger partial charge in [-0.2, -0.15) is 0 Å². The lowest BCUT2D eigenvalue weighted by atomic mass is 10.2. The molecule has 0 saturated heterocycles. The van der Waals surface area contributed by atoms with Crippen molar-refractivity contribution in [3.05, 3.63) is 107 Å². The van der Waals surface area contributed by atoms with Gasteiger partial charge in [0.15, 0.2) is 5.70 Å². The van der Waals surface area contributed by atoms with Crippen molar-refractivity contribution in [2.45, 2.75) is 0 Å². The van der Waals surface area contributed by atoms with Crippen LogP contribution in [0, 0.1) is 17.5 Å². The van der Waals surface area contributed by atoms with Crippen LogP contribution in [0.25, 0.3) is 6.08 Å². The molecule has 0 aromatic heterocycles. The highest BCUT2D eigenvalue weighted by Gasteiger charge is 2.24. The first-order valence-electron chi connectivity index (χ1n) is 8.95. The molecule has 3 aromatic rings. The van der Waals surface area contributed by atoms with Crippen molar-refractivity contribution in [2.24, 2.45) is 4.99 Å². The maximum atomic E-state index is 13.7. The molecule has 8 heteroatoms. The van der Waals surface area contributed by atoms with Crippen molar-refractivity contribution >= 4 is 23.9 Å². The van der Waals surface area contributed by atoms with Gasteiger partial charge in [-0.1, -0.05) is 18.2 Å². The van der Waals surface area contributed by atoms with E-state index in [0.29, 0.717) is 11.1 Å². The second kappa shape index (κ2) is 8.27. The second-order valence-electron chi connectivity index (χ2n) is 6.40. The molecule has 4 rings (SSSR count). The fraction of sp³-hybridized carbons (Fsp3) is 0. The van der Waals surface area contributed by atoms with Gasteiger partial charge in [-0.15, -0.1) is 0 Å². The summed E-state index contributed by atoms with van der Waals surface area (Å²) in [6.07, 6.45) is 1.45. The van der Waals surface area contributed by atoms with Crippen molar-refractivity contribution in [1.29, 1.82) is 0 Å². The van der Waals surface area contributed by atoms with E-state index in [2.05, 4.69) is 4.99 Å². The molecule has 0 bridgehead atoms. The van der Waals surface area contributed by atoms with Crippen LogP contribution in [0.1, 0.15) is 21.5 Å². The molecule has 154 valence electrons. The summed E-state index contributed by atoms with van der Waals surface area (Å²) in [6, 6.07) is 14.2. The lowest BCUT2D eigenvalue weighted by Crippen LogP contribution is -2.13. The molecule has 0 spiro atoms. The number of carbonyl (C=O) groups excluding carboxylic acids is 2. The predicted octanol–water partition coefficient (Wildman–Crippen LogP) is 4.67. The van der Waals surface area contributed by atoms with Gasteiger partial charge in [-0.05, 0) is 60.2 Å². The van der Waals surface area contributed by atoms with Gasteiger partial charge in [0.2, 0.25) is 5.90 Å². The number of hydrogen-bond acceptors (Lipinski definition) is 5. The van der Waals surface area contributed by atoms with Gasteiger partial charge in [0.05, 0.1) is 0 Å². The first-order chi connectivity index (χ1) is 14.9. The first-order valence-corrected chi connectivity index (χ1v) is 8.95. The van der Waals surface area contributed by atoms with Gasteiger partial charge in [0.1, 0.15) is 28.8 Å². The standard InChI is InChI=1S/C23H12F3NO4/c24-15-8-6-14(7-9-15)21-27-19(22(28)31-21)12-13-4-10-16(11-5-13)30-23(29)20-17(25)2-1-3-18(20)26/h1-12H/b19-12+. The summed E-state index contributed by atoms with van der Waals surface area (Å²) in [7, 11) is 0. The number of carbonyl (C=O) groups is 2. The van der Waals surface area contributed by atoms with Gasteiger partial charge in [0.25, 0.3) is 0 Å². The van der Waals surface area contributed by atoms with Crippen molar-refractivity contribution in [3.8, 4) is 5.75 Å². The third-order valence-corrected chi connectivity index (χ3v) is 4.27. The Morgan fingerprint density at radius 2 is 1.55 bits per heavy atom. The molecule has 0 aliphatic carbocycles. The summed E-state index contributed by atoms with van der Waals surface area (Å²) in [5.41, 5.74) is 0.219. The Bertz CT molecular complexity index is 1210. The highest BCUT2D eigenvalue weighted by atomic mass is 19.1. The molecule has 0 fully saturated rings. The van der Waals surface area contributed by atoms with E-state index in [-0.39, 0.29) is 17.3 Å². The third-order valence-electron chi connectivity index (χ3n) is 4.27. The van der Waals surface area contributed by atoms with Crippen LogP contribution < -0.4 is 4.74 Å². The molecule has 1 aliphatic rings. The predicted molar refractivity (Wildman–Crippen MR) is 105 cm³/mol. The molecule has 31 heavy (non-hydrogen) atoms. The average Bonchev–Trinajstić information content (AvgIpc) is 3.10. The highest BCUT2D eigenvalue weighted by Crippen LogP contribution is 2.22. The van der Waals surface area contributed by atoms with Crippen molar-refractivity contribution in [3.63, 3.8) is 0 Å². The Labute approximate surface area is 174 Å². The van der Waals surface area contributed by atoms with Crippen LogP contribution in [0.3, 0.4) is 0 Å². The molecule has 3 aromatic carbocycles. The highest BCUT2D eigenvalue weighted by molar-refractivity contribution is 6.12. The van der Waals surface area contributed by atoms with Gasteiger partial charge < -0.3 is 9.47 Å². The van der Waals surface area contributed by atoms with E-state index in [1.54, 1.807) is 0 Å². The number of cyclic esters (lactones) is 1. The fourth-order valence-electron chi connectivity index (χ4n) is 2.77. The number of aliphatic imine (C=N–C) groups is 1. The van der Waals surface area contributed by atoms with E-state index in [9.17, 15) is 22.8 Å². The minimum Gasteiger partial charge on any atom is -0.423 e. The number of halogens is 3. The van der Waals surface area contributed by atoms with Crippen LogP contribution in [0.15, 0.2) is 77.4 Å². The molecule has 0 unspecified atom stereocenters. The van der Waals surface area contributed by atoms with Crippen molar-refractivity contribution in [1.82, 2.24) is 0 Å². The van der Waals surface area contributed by atoms with Crippen LogP contribution >= 0.6 is 0 Å². The van der Waals surface area contributed by atoms with E-state index >= 15 is 0 Å². The molecule has 0 atom stereocenters. The number of esters is 2.